The van der Waals surface area contributed by atoms with Gasteiger partial charge in [-0.15, -0.1) is 0 Å². The number of carbonyl (C=O) groups excluding carboxylic acids is 1. The van der Waals surface area contributed by atoms with Crippen LogP contribution in [0, 0.1) is 6.92 Å². The summed E-state index contributed by atoms with van der Waals surface area (Å²) in [5.41, 5.74) is 1.79. The fourth-order valence-electron chi connectivity index (χ4n) is 2.28. The lowest BCUT2D eigenvalue weighted by Gasteiger charge is -2.08. The first kappa shape index (κ1) is 17.9. The molecule has 0 saturated carbocycles. The zero-order valence-corrected chi connectivity index (χ0v) is 15.0. The number of benzene rings is 2. The van der Waals surface area contributed by atoms with E-state index in [1.165, 1.54) is 0 Å². The molecule has 0 radical (unpaired) electrons. The van der Waals surface area contributed by atoms with Gasteiger partial charge in [-0.2, -0.15) is 4.98 Å². The fourth-order valence-corrected chi connectivity index (χ4v) is 2.39. The molecule has 3 rings (SSSR count). The molecule has 3 aromatic rings. The van der Waals surface area contributed by atoms with Gasteiger partial charge in [-0.25, -0.2) is 0 Å². The maximum Gasteiger partial charge on any atom is 0.257 e. The number of rotatable bonds is 7. The second kappa shape index (κ2) is 8.49. The van der Waals surface area contributed by atoms with Crippen molar-refractivity contribution >= 4 is 17.5 Å². The molecule has 1 amide bonds. The number of amides is 1. The monoisotopic (exact) mass is 371 g/mol. The van der Waals surface area contributed by atoms with Crippen LogP contribution in [-0.4, -0.2) is 29.2 Å². The molecule has 1 aromatic heterocycles. The van der Waals surface area contributed by atoms with E-state index in [1.807, 2.05) is 37.3 Å². The van der Waals surface area contributed by atoms with Crippen LogP contribution in [0.2, 0.25) is 5.02 Å². The number of hydrogen-bond acceptors (Lipinski definition) is 5. The average Bonchev–Trinajstić information content (AvgIpc) is 3.12. The van der Waals surface area contributed by atoms with Crippen molar-refractivity contribution in [2.75, 3.05) is 13.2 Å². The molecule has 0 spiro atoms. The maximum atomic E-state index is 11.9. The van der Waals surface area contributed by atoms with E-state index in [0.717, 1.165) is 11.1 Å². The van der Waals surface area contributed by atoms with Crippen LogP contribution in [-0.2, 0) is 11.2 Å². The Morgan fingerprint density at radius 1 is 1.23 bits per heavy atom. The molecule has 0 aliphatic rings. The molecule has 0 aliphatic heterocycles. The lowest BCUT2D eigenvalue weighted by Crippen LogP contribution is -2.30. The predicted molar refractivity (Wildman–Crippen MR) is 98.1 cm³/mol. The van der Waals surface area contributed by atoms with Gasteiger partial charge in [-0.05, 0) is 30.7 Å². The van der Waals surface area contributed by atoms with Gasteiger partial charge in [0, 0.05) is 23.6 Å². The zero-order chi connectivity index (χ0) is 18.4. The highest BCUT2D eigenvalue weighted by Gasteiger charge is 2.09. The van der Waals surface area contributed by atoms with Crippen molar-refractivity contribution in [3.8, 4) is 17.1 Å². The topological polar surface area (TPSA) is 77.2 Å². The van der Waals surface area contributed by atoms with E-state index in [1.54, 1.807) is 18.2 Å². The average molecular weight is 372 g/mol. The van der Waals surface area contributed by atoms with Crippen LogP contribution in [0.1, 0.15) is 11.5 Å². The van der Waals surface area contributed by atoms with Crippen molar-refractivity contribution in [1.29, 1.82) is 0 Å². The molecule has 6 nitrogen and oxygen atoms in total. The highest BCUT2D eigenvalue weighted by atomic mass is 35.5. The van der Waals surface area contributed by atoms with Gasteiger partial charge in [-0.1, -0.05) is 47.1 Å². The Bertz CT molecular complexity index is 881. The summed E-state index contributed by atoms with van der Waals surface area (Å²) < 4.78 is 10.6. The number of nitrogens with one attached hydrogen (secondary N) is 1. The Morgan fingerprint density at radius 2 is 2.04 bits per heavy atom. The minimum Gasteiger partial charge on any atom is -0.484 e. The SMILES string of the molecule is Cc1cc(OCC(=O)NCCc2nc(-c3ccccc3)no2)ccc1Cl. The number of hydrogen-bond donors (Lipinski definition) is 1. The van der Waals surface area contributed by atoms with Gasteiger partial charge in [0.15, 0.2) is 6.61 Å². The second-order valence-electron chi connectivity index (χ2n) is 5.68. The molecule has 0 atom stereocenters. The highest BCUT2D eigenvalue weighted by Crippen LogP contribution is 2.20. The van der Waals surface area contributed by atoms with Crippen LogP contribution in [0.5, 0.6) is 5.75 Å². The molecule has 134 valence electrons. The fraction of sp³-hybridized carbons (Fsp3) is 0.211. The first-order valence-corrected chi connectivity index (χ1v) is 8.53. The standard InChI is InChI=1S/C19H18ClN3O3/c1-13-11-15(7-8-16(13)20)25-12-17(24)21-10-9-18-22-19(23-26-18)14-5-3-2-4-6-14/h2-8,11H,9-10,12H2,1H3,(H,21,24). The Balaban J connectivity index is 1.42. The molecule has 2 aromatic carbocycles. The van der Waals surface area contributed by atoms with Crippen molar-refractivity contribution in [3.05, 3.63) is 65.0 Å². The van der Waals surface area contributed by atoms with E-state index in [-0.39, 0.29) is 12.5 Å². The smallest absolute Gasteiger partial charge is 0.257 e. The molecule has 0 fully saturated rings. The number of ether oxygens (including phenoxy) is 1. The van der Waals surface area contributed by atoms with Crippen molar-refractivity contribution < 1.29 is 14.1 Å². The van der Waals surface area contributed by atoms with Crippen LogP contribution in [0.15, 0.2) is 53.1 Å². The molecule has 0 aliphatic carbocycles. The van der Waals surface area contributed by atoms with Gasteiger partial charge in [0.25, 0.3) is 5.91 Å². The summed E-state index contributed by atoms with van der Waals surface area (Å²) in [5, 5.41) is 7.36. The van der Waals surface area contributed by atoms with Crippen LogP contribution < -0.4 is 10.1 Å². The molecule has 7 heteroatoms. The molecule has 0 saturated heterocycles. The van der Waals surface area contributed by atoms with Crippen molar-refractivity contribution in [2.24, 2.45) is 0 Å². The number of aryl methyl sites for hydroxylation is 1. The van der Waals surface area contributed by atoms with Crippen molar-refractivity contribution in [2.45, 2.75) is 13.3 Å². The van der Waals surface area contributed by atoms with E-state index in [0.29, 0.717) is 35.5 Å². The molecular weight excluding hydrogens is 354 g/mol. The third-order valence-electron chi connectivity index (χ3n) is 3.66. The molecule has 1 N–H and O–H groups in total. The second-order valence-corrected chi connectivity index (χ2v) is 6.08. The van der Waals surface area contributed by atoms with Gasteiger partial charge >= 0.3 is 0 Å². The van der Waals surface area contributed by atoms with Crippen LogP contribution in [0.25, 0.3) is 11.4 Å². The minimum atomic E-state index is -0.222. The summed E-state index contributed by atoms with van der Waals surface area (Å²) in [6.45, 7) is 2.20. The summed E-state index contributed by atoms with van der Waals surface area (Å²) in [6.07, 6.45) is 0.450. The third-order valence-corrected chi connectivity index (χ3v) is 4.08. The Hall–Kier alpha value is -2.86. The highest BCUT2D eigenvalue weighted by molar-refractivity contribution is 6.31. The molecule has 26 heavy (non-hydrogen) atoms. The summed E-state index contributed by atoms with van der Waals surface area (Å²) in [4.78, 5) is 16.2. The largest absolute Gasteiger partial charge is 0.484 e. The van der Waals surface area contributed by atoms with E-state index in [9.17, 15) is 4.79 Å². The van der Waals surface area contributed by atoms with Gasteiger partial charge in [0.2, 0.25) is 11.7 Å². The first-order chi connectivity index (χ1) is 12.6. The minimum absolute atomic E-state index is 0.0693. The van der Waals surface area contributed by atoms with E-state index in [2.05, 4.69) is 15.5 Å². The quantitative estimate of drug-likeness (QED) is 0.688. The number of carbonyl (C=O) groups is 1. The van der Waals surface area contributed by atoms with Gasteiger partial charge in [0.05, 0.1) is 0 Å². The Labute approximate surface area is 156 Å². The summed E-state index contributed by atoms with van der Waals surface area (Å²) in [6, 6.07) is 14.8. The molecular formula is C19H18ClN3O3. The van der Waals surface area contributed by atoms with Crippen molar-refractivity contribution in [1.82, 2.24) is 15.5 Å². The van der Waals surface area contributed by atoms with Crippen molar-refractivity contribution in [3.63, 3.8) is 0 Å². The predicted octanol–water partition coefficient (Wildman–Crippen LogP) is 3.44. The van der Waals surface area contributed by atoms with Crippen LogP contribution in [0.3, 0.4) is 0 Å². The first-order valence-electron chi connectivity index (χ1n) is 8.15. The van der Waals surface area contributed by atoms with Gasteiger partial charge in [-0.3, -0.25) is 4.79 Å². The third kappa shape index (κ3) is 4.83. The van der Waals surface area contributed by atoms with E-state index >= 15 is 0 Å². The molecule has 1 heterocycles. The zero-order valence-electron chi connectivity index (χ0n) is 14.2. The molecule has 0 unspecified atom stereocenters. The van der Waals surface area contributed by atoms with E-state index in [4.69, 9.17) is 20.9 Å². The van der Waals surface area contributed by atoms with Crippen LogP contribution >= 0.6 is 11.6 Å². The number of aromatic nitrogens is 2. The normalized spacial score (nSPS) is 10.5. The molecule has 0 bridgehead atoms. The summed E-state index contributed by atoms with van der Waals surface area (Å²) >= 11 is 5.96. The Morgan fingerprint density at radius 3 is 2.81 bits per heavy atom. The van der Waals surface area contributed by atoms with Gasteiger partial charge in [0.1, 0.15) is 5.75 Å². The number of nitrogens with zero attached hydrogens (tertiary/aromatic N) is 2. The van der Waals surface area contributed by atoms with Crippen LogP contribution in [0.4, 0.5) is 0 Å². The number of halogens is 1. The lowest BCUT2D eigenvalue weighted by molar-refractivity contribution is -0.123. The summed E-state index contributed by atoms with van der Waals surface area (Å²) in [5.74, 6) is 1.39. The lowest BCUT2D eigenvalue weighted by atomic mass is 10.2. The van der Waals surface area contributed by atoms with E-state index < -0.39 is 0 Å². The summed E-state index contributed by atoms with van der Waals surface area (Å²) in [7, 11) is 0. The Kier molecular flexibility index (Phi) is 5.86. The van der Waals surface area contributed by atoms with Gasteiger partial charge < -0.3 is 14.6 Å². The maximum absolute atomic E-state index is 11.9.